The van der Waals surface area contributed by atoms with E-state index in [0.29, 0.717) is 0 Å². The molecule has 4 heteroatoms. The number of hydrogen-bond acceptors (Lipinski definition) is 2. The number of aromatic nitrogens is 2. The molecular formula is C12H14ClN3. The van der Waals surface area contributed by atoms with Gasteiger partial charge in [0.25, 0.3) is 0 Å². The molecule has 1 atom stereocenters. The molecule has 0 fully saturated rings. The minimum Gasteiger partial charge on any atom is -0.359 e. The molecule has 0 saturated heterocycles. The lowest BCUT2D eigenvalue weighted by molar-refractivity contribution is 0.646. The van der Waals surface area contributed by atoms with E-state index < -0.39 is 0 Å². The average molecular weight is 236 g/mol. The largest absolute Gasteiger partial charge is 0.359 e. The first-order valence-electron chi connectivity index (χ1n) is 5.18. The summed E-state index contributed by atoms with van der Waals surface area (Å²) in [6, 6.07) is 8.10. The van der Waals surface area contributed by atoms with Gasteiger partial charge in [-0.25, -0.2) is 4.98 Å². The van der Waals surface area contributed by atoms with Gasteiger partial charge in [-0.15, -0.1) is 0 Å². The van der Waals surface area contributed by atoms with Gasteiger partial charge in [-0.3, -0.25) is 0 Å². The van der Waals surface area contributed by atoms with Crippen molar-refractivity contribution in [3.05, 3.63) is 47.2 Å². The molecule has 0 aliphatic carbocycles. The Balaban J connectivity index is 2.35. The monoisotopic (exact) mass is 235 g/mol. The molecule has 0 bridgehead atoms. The van der Waals surface area contributed by atoms with Gasteiger partial charge in [0.05, 0.1) is 6.04 Å². The molecular weight excluding hydrogens is 222 g/mol. The predicted molar refractivity (Wildman–Crippen MR) is 67.0 cm³/mol. The van der Waals surface area contributed by atoms with E-state index in [2.05, 4.69) is 27.9 Å². The van der Waals surface area contributed by atoms with Crippen LogP contribution in [0.4, 0.5) is 5.95 Å². The van der Waals surface area contributed by atoms with Crippen molar-refractivity contribution in [1.29, 1.82) is 0 Å². The summed E-state index contributed by atoms with van der Waals surface area (Å²) < 4.78 is 2.08. The minimum absolute atomic E-state index is 0.212. The van der Waals surface area contributed by atoms with Crippen LogP contribution in [0.5, 0.6) is 0 Å². The lowest BCUT2D eigenvalue weighted by atomic mass is 10.1. The van der Waals surface area contributed by atoms with Crippen molar-refractivity contribution in [1.82, 2.24) is 9.55 Å². The Hall–Kier alpha value is -1.48. The number of halogens is 1. The van der Waals surface area contributed by atoms with E-state index in [0.717, 1.165) is 11.0 Å². The van der Waals surface area contributed by atoms with Gasteiger partial charge in [-0.05, 0) is 24.6 Å². The van der Waals surface area contributed by atoms with Gasteiger partial charge in [-0.2, -0.15) is 0 Å². The van der Waals surface area contributed by atoms with Crippen LogP contribution in [0.3, 0.4) is 0 Å². The minimum atomic E-state index is 0.212. The summed E-state index contributed by atoms with van der Waals surface area (Å²) in [6.45, 7) is 2.12. The molecule has 0 aliphatic rings. The highest BCUT2D eigenvalue weighted by molar-refractivity contribution is 6.30. The van der Waals surface area contributed by atoms with Crippen molar-refractivity contribution in [3.63, 3.8) is 0 Å². The summed E-state index contributed by atoms with van der Waals surface area (Å²) in [5, 5.41) is 3.82. The highest BCUT2D eigenvalue weighted by Gasteiger charge is 2.11. The van der Waals surface area contributed by atoms with Crippen LogP contribution in [0.2, 0.25) is 5.02 Å². The number of hydrogen-bond donors (Lipinski definition) is 1. The summed E-state index contributed by atoms with van der Waals surface area (Å²) in [4.78, 5) is 4.22. The van der Waals surface area contributed by atoms with E-state index in [1.807, 2.05) is 31.4 Å². The Labute approximate surface area is 100 Å². The molecule has 0 radical (unpaired) electrons. The Morgan fingerprint density at radius 2 is 2.25 bits per heavy atom. The van der Waals surface area contributed by atoms with Gasteiger partial charge in [-0.1, -0.05) is 23.7 Å². The predicted octanol–water partition coefficient (Wildman–Crippen LogP) is 3.19. The van der Waals surface area contributed by atoms with E-state index in [1.165, 1.54) is 5.56 Å². The van der Waals surface area contributed by atoms with E-state index in [4.69, 9.17) is 11.6 Å². The first kappa shape index (κ1) is 11.0. The topological polar surface area (TPSA) is 29.9 Å². The van der Waals surface area contributed by atoms with Gasteiger partial charge in [0.1, 0.15) is 0 Å². The average Bonchev–Trinajstić information content (AvgIpc) is 2.76. The first-order valence-corrected chi connectivity index (χ1v) is 5.56. The second kappa shape index (κ2) is 4.58. The molecule has 1 aromatic carbocycles. The molecule has 84 valence electrons. The third-order valence-corrected chi connectivity index (χ3v) is 2.88. The van der Waals surface area contributed by atoms with E-state index in [-0.39, 0.29) is 6.04 Å². The van der Waals surface area contributed by atoms with Crippen LogP contribution in [-0.2, 0) is 0 Å². The summed E-state index contributed by atoms with van der Waals surface area (Å²) in [6.07, 6.45) is 3.74. The number of rotatable bonds is 3. The van der Waals surface area contributed by atoms with Crippen LogP contribution in [0.1, 0.15) is 18.5 Å². The Morgan fingerprint density at radius 3 is 2.94 bits per heavy atom. The number of imidazole rings is 1. The fourth-order valence-corrected chi connectivity index (χ4v) is 1.94. The van der Waals surface area contributed by atoms with Crippen LogP contribution in [0, 0.1) is 0 Å². The maximum Gasteiger partial charge on any atom is 0.203 e. The Bertz CT molecular complexity index is 479. The van der Waals surface area contributed by atoms with Crippen LogP contribution in [-0.4, -0.2) is 16.6 Å². The number of benzene rings is 1. The molecule has 0 amide bonds. The SMILES string of the molecule is CNc1nccn1C(C)c1cccc(Cl)c1. The maximum atomic E-state index is 5.98. The molecule has 2 rings (SSSR count). The number of anilines is 1. The van der Waals surface area contributed by atoms with Crippen molar-refractivity contribution in [2.75, 3.05) is 12.4 Å². The third kappa shape index (κ3) is 2.04. The summed E-state index contributed by atoms with van der Waals surface area (Å²) in [5.74, 6) is 0.854. The molecule has 1 heterocycles. The Kier molecular flexibility index (Phi) is 3.15. The Morgan fingerprint density at radius 1 is 1.44 bits per heavy atom. The molecule has 1 unspecified atom stereocenters. The van der Waals surface area contributed by atoms with Gasteiger partial charge < -0.3 is 9.88 Å². The molecule has 0 saturated carbocycles. The van der Waals surface area contributed by atoms with Gasteiger partial charge in [0.15, 0.2) is 0 Å². The third-order valence-electron chi connectivity index (χ3n) is 2.64. The van der Waals surface area contributed by atoms with Crippen LogP contribution in [0.15, 0.2) is 36.7 Å². The molecule has 1 aromatic heterocycles. The zero-order valence-electron chi connectivity index (χ0n) is 9.31. The van der Waals surface area contributed by atoms with Crippen molar-refractivity contribution in [3.8, 4) is 0 Å². The first-order chi connectivity index (χ1) is 7.72. The fraction of sp³-hybridized carbons (Fsp3) is 0.250. The maximum absolute atomic E-state index is 5.98. The van der Waals surface area contributed by atoms with E-state index in [1.54, 1.807) is 6.20 Å². The zero-order chi connectivity index (χ0) is 11.5. The van der Waals surface area contributed by atoms with Crippen molar-refractivity contribution >= 4 is 17.5 Å². The lowest BCUT2D eigenvalue weighted by Gasteiger charge is -2.16. The van der Waals surface area contributed by atoms with E-state index in [9.17, 15) is 0 Å². The molecule has 1 N–H and O–H groups in total. The zero-order valence-corrected chi connectivity index (χ0v) is 10.1. The molecule has 0 aliphatic heterocycles. The van der Waals surface area contributed by atoms with Gasteiger partial charge in [0, 0.05) is 24.5 Å². The normalized spacial score (nSPS) is 12.4. The standard InChI is InChI=1S/C12H14ClN3/c1-9(10-4-3-5-11(13)8-10)16-7-6-15-12(16)14-2/h3-9H,1-2H3,(H,14,15). The van der Waals surface area contributed by atoms with Crippen molar-refractivity contribution in [2.24, 2.45) is 0 Å². The van der Waals surface area contributed by atoms with Crippen LogP contribution < -0.4 is 5.32 Å². The van der Waals surface area contributed by atoms with Crippen molar-refractivity contribution in [2.45, 2.75) is 13.0 Å². The molecule has 2 aromatic rings. The molecule has 16 heavy (non-hydrogen) atoms. The second-order valence-corrected chi connectivity index (χ2v) is 4.08. The number of nitrogens with one attached hydrogen (secondary N) is 1. The second-order valence-electron chi connectivity index (χ2n) is 3.64. The van der Waals surface area contributed by atoms with Crippen LogP contribution in [0.25, 0.3) is 0 Å². The summed E-state index contributed by atoms with van der Waals surface area (Å²) in [7, 11) is 1.86. The van der Waals surface area contributed by atoms with Gasteiger partial charge in [0.2, 0.25) is 5.95 Å². The quantitative estimate of drug-likeness (QED) is 0.886. The van der Waals surface area contributed by atoms with E-state index >= 15 is 0 Å². The number of nitrogens with zero attached hydrogens (tertiary/aromatic N) is 2. The molecule has 0 spiro atoms. The highest BCUT2D eigenvalue weighted by Crippen LogP contribution is 2.23. The smallest absolute Gasteiger partial charge is 0.203 e. The summed E-state index contributed by atoms with van der Waals surface area (Å²) >= 11 is 5.98. The van der Waals surface area contributed by atoms with Gasteiger partial charge >= 0.3 is 0 Å². The molecule has 3 nitrogen and oxygen atoms in total. The fourth-order valence-electron chi connectivity index (χ4n) is 1.75. The lowest BCUT2D eigenvalue weighted by Crippen LogP contribution is -2.09. The highest BCUT2D eigenvalue weighted by atomic mass is 35.5. The summed E-state index contributed by atoms with van der Waals surface area (Å²) in [5.41, 5.74) is 1.17. The van der Waals surface area contributed by atoms with Crippen molar-refractivity contribution < 1.29 is 0 Å². The van der Waals surface area contributed by atoms with Crippen LogP contribution >= 0.6 is 11.6 Å².